The van der Waals surface area contributed by atoms with Crippen LogP contribution < -0.4 is 0 Å². The van der Waals surface area contributed by atoms with Gasteiger partial charge < -0.3 is 9.64 Å². The van der Waals surface area contributed by atoms with Crippen LogP contribution in [-0.2, 0) is 22.3 Å². The zero-order chi connectivity index (χ0) is 28.2. The quantitative estimate of drug-likeness (QED) is 0.374. The molecular formula is C28H27ClF3N5O2S. The number of benzene rings is 2. The fraction of sp³-hybridized carbons (Fsp3) is 0.393. The molecule has 1 amide bonds. The number of thioether (sulfide) groups is 1. The number of amidine groups is 1. The number of carbonyl (C=O) groups is 1. The molecule has 0 N–H and O–H groups in total. The van der Waals surface area contributed by atoms with E-state index in [1.54, 1.807) is 18.3 Å². The van der Waals surface area contributed by atoms with E-state index < -0.39 is 11.7 Å². The van der Waals surface area contributed by atoms with E-state index in [-0.39, 0.29) is 35.2 Å². The van der Waals surface area contributed by atoms with E-state index >= 15 is 0 Å². The number of hydrogen-bond acceptors (Lipinski definition) is 6. The van der Waals surface area contributed by atoms with Crippen LogP contribution in [0.3, 0.4) is 0 Å². The summed E-state index contributed by atoms with van der Waals surface area (Å²) in [4.78, 5) is 22.1. The van der Waals surface area contributed by atoms with E-state index in [1.165, 1.54) is 28.6 Å². The number of rotatable bonds is 4. The molecular weight excluding hydrogens is 563 g/mol. The van der Waals surface area contributed by atoms with Gasteiger partial charge in [0.2, 0.25) is 0 Å². The second-order valence-corrected chi connectivity index (χ2v) is 11.9. The van der Waals surface area contributed by atoms with Gasteiger partial charge in [0.15, 0.2) is 5.17 Å². The van der Waals surface area contributed by atoms with Crippen LogP contribution >= 0.6 is 23.4 Å². The Hall–Kier alpha value is -2.86. The third kappa shape index (κ3) is 5.52. The minimum absolute atomic E-state index is 0.0286. The Labute approximate surface area is 238 Å². The van der Waals surface area contributed by atoms with Gasteiger partial charge in [0, 0.05) is 42.6 Å². The van der Waals surface area contributed by atoms with Gasteiger partial charge in [-0.15, -0.1) is 0 Å². The van der Waals surface area contributed by atoms with Crippen molar-refractivity contribution in [3.05, 3.63) is 69.2 Å². The molecule has 2 unspecified atom stereocenters. The van der Waals surface area contributed by atoms with Crippen molar-refractivity contribution < 1.29 is 22.7 Å². The van der Waals surface area contributed by atoms with Crippen LogP contribution in [0.15, 0.2) is 52.5 Å². The molecule has 0 spiro atoms. The molecule has 1 aromatic heterocycles. The lowest BCUT2D eigenvalue weighted by molar-refractivity contribution is -0.138. The fourth-order valence-corrected chi connectivity index (χ4v) is 6.58. The Kier molecular flexibility index (Phi) is 7.18. The van der Waals surface area contributed by atoms with Crippen molar-refractivity contribution in [3.8, 4) is 0 Å². The van der Waals surface area contributed by atoms with Gasteiger partial charge in [-0.1, -0.05) is 23.7 Å². The molecule has 0 aliphatic carbocycles. The number of morpholine rings is 1. The van der Waals surface area contributed by atoms with E-state index in [2.05, 4.69) is 33.7 Å². The molecule has 0 radical (unpaired) electrons. The predicted octanol–water partition coefficient (Wildman–Crippen LogP) is 5.52. The van der Waals surface area contributed by atoms with Crippen molar-refractivity contribution in [1.82, 2.24) is 19.6 Å². The lowest BCUT2D eigenvalue weighted by Gasteiger charge is -2.49. The average Bonchev–Trinajstić information content (AvgIpc) is 3.40. The zero-order valence-corrected chi connectivity index (χ0v) is 23.4. The molecule has 3 aromatic rings. The summed E-state index contributed by atoms with van der Waals surface area (Å²) in [7, 11) is 0. The van der Waals surface area contributed by atoms with Crippen LogP contribution in [0.2, 0.25) is 5.02 Å². The largest absolute Gasteiger partial charge is 0.416 e. The average molecular weight is 590 g/mol. The second-order valence-electron chi connectivity index (χ2n) is 10.5. The predicted molar refractivity (Wildman–Crippen MR) is 150 cm³/mol. The molecule has 0 bridgehead atoms. The van der Waals surface area contributed by atoms with Crippen molar-refractivity contribution in [2.75, 3.05) is 26.2 Å². The molecule has 6 rings (SSSR count). The number of ether oxygens (including phenoxy) is 1. The molecule has 3 aliphatic rings. The first-order valence-corrected chi connectivity index (χ1v) is 14.2. The number of nitrogens with zero attached hydrogens (tertiary/aromatic N) is 5. The van der Waals surface area contributed by atoms with Crippen LogP contribution in [0.5, 0.6) is 0 Å². The van der Waals surface area contributed by atoms with Crippen molar-refractivity contribution in [3.63, 3.8) is 0 Å². The number of aromatic nitrogens is 2. The zero-order valence-electron chi connectivity index (χ0n) is 21.9. The summed E-state index contributed by atoms with van der Waals surface area (Å²) in [6.07, 6.45) is -0.688. The van der Waals surface area contributed by atoms with Gasteiger partial charge in [-0.3, -0.25) is 14.4 Å². The Morgan fingerprint density at radius 2 is 1.85 bits per heavy atom. The topological polar surface area (TPSA) is 63.0 Å². The Bertz CT molecular complexity index is 1520. The van der Waals surface area contributed by atoms with Crippen molar-refractivity contribution in [2.45, 2.75) is 44.8 Å². The van der Waals surface area contributed by atoms with E-state index in [0.717, 1.165) is 48.4 Å². The standard InChI is InChI=1S/C28H27ClF3N5O2S/c1-16-11-35(12-17(2)39-16)22-14-36(15-22)27-34-26(38)25(40-27)8-18-3-6-24-20(7-18)10-33-37(24)13-19-4-5-21(29)9-23(19)28(30,31)32/h3-10,16-17,22H,11-15H2,1-2H3. The Morgan fingerprint density at radius 1 is 1.10 bits per heavy atom. The first-order chi connectivity index (χ1) is 19.0. The molecule has 2 aromatic carbocycles. The summed E-state index contributed by atoms with van der Waals surface area (Å²) in [6.45, 7) is 7.63. The van der Waals surface area contributed by atoms with Gasteiger partial charge in [-0.2, -0.15) is 23.3 Å². The summed E-state index contributed by atoms with van der Waals surface area (Å²) in [5.74, 6) is -0.268. The highest BCUT2D eigenvalue weighted by Gasteiger charge is 2.39. The summed E-state index contributed by atoms with van der Waals surface area (Å²) in [5.41, 5.74) is 0.780. The monoisotopic (exact) mass is 589 g/mol. The van der Waals surface area contributed by atoms with Crippen molar-refractivity contribution in [1.29, 1.82) is 0 Å². The number of likely N-dealkylation sites (tertiary alicyclic amines) is 1. The second kappa shape index (κ2) is 10.5. The minimum atomic E-state index is -4.52. The number of fused-ring (bicyclic) bond motifs is 1. The maximum Gasteiger partial charge on any atom is 0.416 e. The SMILES string of the molecule is CC1CN(C2CN(C3=NC(=O)C(=Cc4ccc5c(cnn5Cc5ccc(Cl)cc5C(F)(F)F)c4)S3)C2)CC(C)O1. The number of aliphatic imine (C=N–C) groups is 1. The number of halogens is 4. The lowest BCUT2D eigenvalue weighted by atomic mass is 10.1. The van der Waals surface area contributed by atoms with Crippen LogP contribution in [0.4, 0.5) is 13.2 Å². The lowest BCUT2D eigenvalue weighted by Crippen LogP contribution is -2.64. The van der Waals surface area contributed by atoms with Gasteiger partial charge in [0.05, 0.1) is 40.9 Å². The molecule has 12 heteroatoms. The molecule has 7 nitrogen and oxygen atoms in total. The van der Waals surface area contributed by atoms with Crippen LogP contribution in [0, 0.1) is 0 Å². The normalized spacial score (nSPS) is 23.8. The molecule has 3 aliphatic heterocycles. The van der Waals surface area contributed by atoms with Crippen molar-refractivity contribution >= 4 is 51.4 Å². The molecule has 0 saturated carbocycles. The molecule has 2 fully saturated rings. The van der Waals surface area contributed by atoms with Gasteiger partial charge in [-0.05, 0) is 67.1 Å². The molecule has 2 saturated heterocycles. The van der Waals surface area contributed by atoms with E-state index in [1.807, 2.05) is 12.1 Å². The summed E-state index contributed by atoms with van der Waals surface area (Å²) < 4.78 is 48.0. The van der Waals surface area contributed by atoms with Crippen LogP contribution in [-0.4, -0.2) is 75.1 Å². The molecule has 40 heavy (non-hydrogen) atoms. The number of hydrogen-bond donors (Lipinski definition) is 0. The summed E-state index contributed by atoms with van der Waals surface area (Å²) in [5, 5.41) is 5.82. The highest BCUT2D eigenvalue weighted by Crippen LogP contribution is 2.36. The first-order valence-electron chi connectivity index (χ1n) is 13.0. The van der Waals surface area contributed by atoms with Crippen LogP contribution in [0.1, 0.15) is 30.5 Å². The van der Waals surface area contributed by atoms with Gasteiger partial charge >= 0.3 is 6.18 Å². The van der Waals surface area contributed by atoms with Gasteiger partial charge in [0.25, 0.3) is 5.91 Å². The maximum absolute atomic E-state index is 13.5. The third-order valence-electron chi connectivity index (χ3n) is 7.37. The van der Waals surface area contributed by atoms with Gasteiger partial charge in [-0.25, -0.2) is 0 Å². The Morgan fingerprint density at radius 3 is 2.58 bits per heavy atom. The van der Waals surface area contributed by atoms with E-state index in [0.29, 0.717) is 16.5 Å². The smallest absolute Gasteiger partial charge is 0.373 e. The molecule has 2 atom stereocenters. The van der Waals surface area contributed by atoms with E-state index in [9.17, 15) is 18.0 Å². The van der Waals surface area contributed by atoms with Crippen molar-refractivity contribution in [2.24, 2.45) is 4.99 Å². The number of carbonyl (C=O) groups excluding carboxylic acids is 1. The van der Waals surface area contributed by atoms with Crippen LogP contribution in [0.25, 0.3) is 17.0 Å². The third-order valence-corrected chi connectivity index (χ3v) is 8.65. The molecule has 4 heterocycles. The number of alkyl halides is 3. The molecule has 210 valence electrons. The summed E-state index contributed by atoms with van der Waals surface area (Å²) >= 11 is 7.18. The minimum Gasteiger partial charge on any atom is -0.373 e. The number of amides is 1. The first kappa shape index (κ1) is 27.3. The van der Waals surface area contributed by atoms with Gasteiger partial charge in [0.1, 0.15) is 0 Å². The fourth-order valence-electron chi connectivity index (χ4n) is 5.48. The summed E-state index contributed by atoms with van der Waals surface area (Å²) in [6, 6.07) is 9.67. The highest BCUT2D eigenvalue weighted by molar-refractivity contribution is 8.18. The highest BCUT2D eigenvalue weighted by atomic mass is 35.5. The van der Waals surface area contributed by atoms with E-state index in [4.69, 9.17) is 16.3 Å². The Balaban J connectivity index is 1.13. The maximum atomic E-state index is 13.5.